The van der Waals surface area contributed by atoms with Crippen molar-refractivity contribution in [3.8, 4) is 16.9 Å². The van der Waals surface area contributed by atoms with Crippen molar-refractivity contribution in [1.29, 1.82) is 0 Å². The number of ether oxygens (including phenoxy) is 1. The lowest BCUT2D eigenvalue weighted by molar-refractivity contribution is -0.274. The minimum Gasteiger partial charge on any atom is -0.406 e. The molecule has 0 unspecified atom stereocenters. The number of hydrogen-bond acceptors (Lipinski definition) is 8. The zero-order valence-corrected chi connectivity index (χ0v) is 20.2. The van der Waals surface area contributed by atoms with Crippen LogP contribution in [-0.2, 0) is 17.8 Å². The maximum absolute atomic E-state index is 12.5. The molecule has 1 amide bonds. The molecule has 0 saturated carbocycles. The summed E-state index contributed by atoms with van der Waals surface area (Å²) in [5, 5.41) is 10.1. The first kappa shape index (κ1) is 27.9. The number of aromatic nitrogens is 4. The summed E-state index contributed by atoms with van der Waals surface area (Å²) in [4.78, 5) is 27.1. The van der Waals surface area contributed by atoms with Gasteiger partial charge in [0.1, 0.15) is 17.3 Å². The molecule has 3 rings (SSSR count). The SMILES string of the molecule is N/C(=C\C=C(/N)NC(=O)Cc1cncc(-c2cccc(OC(F)(F)F)c2)c1)CCCCn1cc(C=O)nn1. The van der Waals surface area contributed by atoms with E-state index in [1.54, 1.807) is 29.1 Å². The van der Waals surface area contributed by atoms with Crippen LogP contribution in [0.3, 0.4) is 0 Å². The van der Waals surface area contributed by atoms with Crippen molar-refractivity contribution in [2.24, 2.45) is 11.5 Å². The largest absolute Gasteiger partial charge is 0.573 e. The summed E-state index contributed by atoms with van der Waals surface area (Å²) < 4.78 is 43.1. The first-order chi connectivity index (χ1) is 18.1. The van der Waals surface area contributed by atoms with Crippen LogP contribution in [0.5, 0.6) is 5.75 Å². The number of carbonyl (C=O) groups is 2. The van der Waals surface area contributed by atoms with Gasteiger partial charge in [-0.1, -0.05) is 17.3 Å². The zero-order valence-electron chi connectivity index (χ0n) is 20.2. The lowest BCUT2D eigenvalue weighted by Crippen LogP contribution is -2.28. The third kappa shape index (κ3) is 9.41. The second kappa shape index (κ2) is 13.0. The van der Waals surface area contributed by atoms with E-state index in [2.05, 4.69) is 25.3 Å². The Labute approximate surface area is 216 Å². The maximum Gasteiger partial charge on any atom is 0.573 e. The topological polar surface area (TPSA) is 151 Å². The zero-order chi connectivity index (χ0) is 27.5. The van der Waals surface area contributed by atoms with Gasteiger partial charge in [0.2, 0.25) is 5.91 Å². The van der Waals surface area contributed by atoms with E-state index >= 15 is 0 Å². The van der Waals surface area contributed by atoms with E-state index in [0.29, 0.717) is 41.6 Å². The van der Waals surface area contributed by atoms with Crippen LogP contribution in [0.4, 0.5) is 13.2 Å². The third-order valence-electron chi connectivity index (χ3n) is 5.10. The molecule has 0 aliphatic rings. The molecule has 0 atom stereocenters. The minimum atomic E-state index is -4.80. The van der Waals surface area contributed by atoms with Gasteiger partial charge in [-0.15, -0.1) is 18.3 Å². The van der Waals surface area contributed by atoms with E-state index in [1.165, 1.54) is 36.7 Å². The van der Waals surface area contributed by atoms with Crippen molar-refractivity contribution in [3.63, 3.8) is 0 Å². The molecule has 0 aliphatic carbocycles. The van der Waals surface area contributed by atoms with Crippen LogP contribution >= 0.6 is 0 Å². The normalized spacial score (nSPS) is 12.3. The maximum atomic E-state index is 12.5. The number of pyridine rings is 1. The summed E-state index contributed by atoms with van der Waals surface area (Å²) in [6, 6.07) is 7.13. The monoisotopic (exact) mass is 529 g/mol. The molecular formula is C25H26F3N7O3. The highest BCUT2D eigenvalue weighted by atomic mass is 19.4. The van der Waals surface area contributed by atoms with Crippen LogP contribution in [0.1, 0.15) is 35.3 Å². The molecule has 0 saturated heterocycles. The highest BCUT2D eigenvalue weighted by Gasteiger charge is 2.31. The van der Waals surface area contributed by atoms with Gasteiger partial charge in [0.15, 0.2) is 6.29 Å². The number of allylic oxidation sites excluding steroid dienone is 3. The Morgan fingerprint density at radius 3 is 2.66 bits per heavy atom. The number of amides is 1. The quantitative estimate of drug-likeness (QED) is 0.184. The van der Waals surface area contributed by atoms with Crippen molar-refractivity contribution in [1.82, 2.24) is 25.3 Å². The summed E-state index contributed by atoms with van der Waals surface area (Å²) in [6.45, 7) is 0.602. The van der Waals surface area contributed by atoms with Gasteiger partial charge < -0.3 is 21.5 Å². The number of rotatable bonds is 12. The summed E-state index contributed by atoms with van der Waals surface area (Å²) in [7, 11) is 0. The van der Waals surface area contributed by atoms with Crippen molar-refractivity contribution in [2.45, 2.75) is 38.6 Å². The van der Waals surface area contributed by atoms with Gasteiger partial charge in [0.25, 0.3) is 0 Å². The molecule has 13 heteroatoms. The molecular weight excluding hydrogens is 503 g/mol. The Balaban J connectivity index is 1.49. The fraction of sp³-hybridized carbons (Fsp3) is 0.240. The van der Waals surface area contributed by atoms with Crippen molar-refractivity contribution >= 4 is 12.2 Å². The first-order valence-corrected chi connectivity index (χ1v) is 11.5. The van der Waals surface area contributed by atoms with E-state index in [-0.39, 0.29) is 23.7 Å². The van der Waals surface area contributed by atoms with E-state index in [4.69, 9.17) is 11.5 Å². The summed E-state index contributed by atoms with van der Waals surface area (Å²) >= 11 is 0. The highest BCUT2D eigenvalue weighted by Crippen LogP contribution is 2.28. The number of carbonyl (C=O) groups excluding carboxylic acids is 2. The number of benzene rings is 1. The fourth-order valence-electron chi connectivity index (χ4n) is 3.41. The molecule has 0 spiro atoms. The highest BCUT2D eigenvalue weighted by molar-refractivity contribution is 5.80. The van der Waals surface area contributed by atoms with Gasteiger partial charge >= 0.3 is 6.36 Å². The van der Waals surface area contributed by atoms with Crippen molar-refractivity contribution in [3.05, 3.63) is 83.8 Å². The molecule has 0 aliphatic heterocycles. The Morgan fingerprint density at radius 1 is 1.11 bits per heavy atom. The number of aldehydes is 1. The van der Waals surface area contributed by atoms with Crippen molar-refractivity contribution in [2.75, 3.05) is 0 Å². The van der Waals surface area contributed by atoms with Crippen LogP contribution in [0.15, 0.2) is 72.6 Å². The summed E-state index contributed by atoms with van der Waals surface area (Å²) in [5.41, 5.74) is 14.2. The number of hydrogen-bond donors (Lipinski definition) is 3. The van der Waals surface area contributed by atoms with Crippen LogP contribution in [0.25, 0.3) is 11.1 Å². The third-order valence-corrected chi connectivity index (χ3v) is 5.10. The van der Waals surface area contributed by atoms with E-state index in [9.17, 15) is 22.8 Å². The molecule has 3 aromatic rings. The number of nitrogens with zero attached hydrogens (tertiary/aromatic N) is 4. The summed E-state index contributed by atoms with van der Waals surface area (Å²) in [6.07, 6.45) is 5.54. The predicted octanol–water partition coefficient (Wildman–Crippen LogP) is 3.22. The average Bonchev–Trinajstić information content (AvgIpc) is 3.33. The molecule has 38 heavy (non-hydrogen) atoms. The fourth-order valence-corrected chi connectivity index (χ4v) is 3.41. The van der Waals surface area contributed by atoms with Gasteiger partial charge in [-0.25, -0.2) is 0 Å². The number of halogens is 3. The molecule has 200 valence electrons. The first-order valence-electron chi connectivity index (χ1n) is 11.5. The van der Waals surface area contributed by atoms with E-state index in [0.717, 1.165) is 12.8 Å². The minimum absolute atomic E-state index is 0.0541. The van der Waals surface area contributed by atoms with Gasteiger partial charge in [-0.2, -0.15) is 0 Å². The Bertz CT molecular complexity index is 1320. The Hall–Kier alpha value is -4.68. The smallest absolute Gasteiger partial charge is 0.406 e. The predicted molar refractivity (Wildman–Crippen MR) is 132 cm³/mol. The number of aryl methyl sites for hydroxylation is 1. The van der Waals surface area contributed by atoms with Gasteiger partial charge in [-0.05, 0) is 60.7 Å². The summed E-state index contributed by atoms with van der Waals surface area (Å²) in [5.74, 6) is -0.656. The lowest BCUT2D eigenvalue weighted by atomic mass is 10.0. The Kier molecular flexibility index (Phi) is 9.57. The van der Waals surface area contributed by atoms with Gasteiger partial charge in [0.05, 0.1) is 12.6 Å². The molecule has 2 aromatic heterocycles. The molecule has 0 fully saturated rings. The molecule has 10 nitrogen and oxygen atoms in total. The standard InChI is InChI=1S/C25H26F3N7O3/c26-25(27,28)38-22-6-3-4-18(12-22)19-10-17(13-31-14-19)11-24(37)32-23(30)8-7-20(29)5-1-2-9-35-15-21(16-36)33-34-35/h3-4,6-8,10,12-16H,1-2,5,9,11,29-30H2,(H,32,37)/b20-7-,23-8+. The van der Waals surface area contributed by atoms with Crippen LogP contribution in [-0.4, -0.2) is 38.5 Å². The molecule has 0 radical (unpaired) electrons. The van der Waals surface area contributed by atoms with Crippen molar-refractivity contribution < 1.29 is 27.5 Å². The van der Waals surface area contributed by atoms with Crippen LogP contribution in [0.2, 0.25) is 0 Å². The number of alkyl halides is 3. The molecule has 5 N–H and O–H groups in total. The van der Waals surface area contributed by atoms with Crippen LogP contribution in [0, 0.1) is 0 Å². The van der Waals surface area contributed by atoms with E-state index in [1.807, 2.05) is 0 Å². The Morgan fingerprint density at radius 2 is 1.92 bits per heavy atom. The number of unbranched alkanes of at least 4 members (excludes halogenated alkanes) is 1. The number of nitrogens with one attached hydrogen (secondary N) is 1. The van der Waals surface area contributed by atoms with Crippen LogP contribution < -0.4 is 21.5 Å². The molecule has 1 aromatic carbocycles. The van der Waals surface area contributed by atoms with Gasteiger partial charge in [-0.3, -0.25) is 19.3 Å². The van der Waals surface area contributed by atoms with Gasteiger partial charge in [0, 0.05) is 30.2 Å². The average molecular weight is 530 g/mol. The molecule has 2 heterocycles. The lowest BCUT2D eigenvalue weighted by Gasteiger charge is -2.10. The molecule has 0 bridgehead atoms. The second-order valence-corrected chi connectivity index (χ2v) is 8.23. The number of nitrogens with two attached hydrogens (primary N) is 2. The van der Waals surface area contributed by atoms with E-state index < -0.39 is 12.3 Å². The second-order valence-electron chi connectivity index (χ2n) is 8.23.